The number of hydrazine groups is 1. The fraction of sp³-hybridized carbons (Fsp3) is 0.133. The number of carbonyl (C=O) groups excluding carboxylic acids is 1. The molecule has 0 aliphatic rings. The van der Waals surface area contributed by atoms with Gasteiger partial charge in [0.25, 0.3) is 5.91 Å². The Bertz CT molecular complexity index is 656. The molecule has 0 spiro atoms. The van der Waals surface area contributed by atoms with E-state index in [0.29, 0.717) is 16.3 Å². The van der Waals surface area contributed by atoms with Crippen molar-refractivity contribution in [3.8, 4) is 0 Å². The highest BCUT2D eigenvalue weighted by Crippen LogP contribution is 2.24. The van der Waals surface area contributed by atoms with Crippen LogP contribution >= 0.6 is 11.6 Å². The monoisotopic (exact) mass is 289 g/mol. The normalized spacial score (nSPS) is 10.2. The predicted octanol–water partition coefficient (Wildman–Crippen LogP) is 3.49. The molecule has 2 rings (SSSR count). The zero-order chi connectivity index (χ0) is 14.7. The van der Waals surface area contributed by atoms with Gasteiger partial charge in [-0.25, -0.2) is 0 Å². The van der Waals surface area contributed by atoms with Gasteiger partial charge < -0.3 is 10.7 Å². The molecule has 0 aliphatic heterocycles. The Morgan fingerprint density at radius 1 is 1.20 bits per heavy atom. The Labute approximate surface area is 122 Å². The van der Waals surface area contributed by atoms with E-state index in [1.54, 1.807) is 24.3 Å². The van der Waals surface area contributed by atoms with Gasteiger partial charge in [0.15, 0.2) is 0 Å². The van der Waals surface area contributed by atoms with Crippen LogP contribution in [0.25, 0.3) is 0 Å². The summed E-state index contributed by atoms with van der Waals surface area (Å²) >= 11 is 6.04. The maximum absolute atomic E-state index is 12.3. The highest BCUT2D eigenvalue weighted by molar-refractivity contribution is 6.31. The molecule has 20 heavy (non-hydrogen) atoms. The number of nitrogens with two attached hydrogens (primary N) is 1. The summed E-state index contributed by atoms with van der Waals surface area (Å²) in [6, 6.07) is 10.7. The average molecular weight is 290 g/mol. The van der Waals surface area contributed by atoms with E-state index in [9.17, 15) is 4.79 Å². The van der Waals surface area contributed by atoms with Crippen LogP contribution in [0, 0.1) is 13.8 Å². The largest absolute Gasteiger partial charge is 0.324 e. The fourth-order valence-corrected chi connectivity index (χ4v) is 2.12. The lowest BCUT2D eigenvalue weighted by Crippen LogP contribution is -2.15. The van der Waals surface area contributed by atoms with Crippen LogP contribution in [-0.4, -0.2) is 5.91 Å². The SMILES string of the molecule is Cc1cc(NN)ccc1C(=O)Nc1cccc(Cl)c1C. The van der Waals surface area contributed by atoms with Gasteiger partial charge in [-0.1, -0.05) is 17.7 Å². The van der Waals surface area contributed by atoms with E-state index in [1.807, 2.05) is 26.0 Å². The van der Waals surface area contributed by atoms with Gasteiger partial charge >= 0.3 is 0 Å². The third kappa shape index (κ3) is 2.92. The van der Waals surface area contributed by atoms with Gasteiger partial charge in [0.05, 0.1) is 0 Å². The molecule has 1 amide bonds. The minimum atomic E-state index is -0.170. The molecule has 0 atom stereocenters. The molecule has 4 nitrogen and oxygen atoms in total. The van der Waals surface area contributed by atoms with E-state index in [1.165, 1.54) is 0 Å². The Kier molecular flexibility index (Phi) is 4.27. The maximum atomic E-state index is 12.3. The van der Waals surface area contributed by atoms with Gasteiger partial charge in [-0.05, 0) is 55.3 Å². The van der Waals surface area contributed by atoms with E-state index in [2.05, 4.69) is 10.7 Å². The Morgan fingerprint density at radius 3 is 2.60 bits per heavy atom. The van der Waals surface area contributed by atoms with Crippen LogP contribution in [0.15, 0.2) is 36.4 Å². The molecule has 2 aromatic rings. The molecule has 0 aliphatic carbocycles. The summed E-state index contributed by atoms with van der Waals surface area (Å²) in [4.78, 5) is 12.3. The fourth-order valence-electron chi connectivity index (χ4n) is 1.94. The lowest BCUT2D eigenvalue weighted by Gasteiger charge is -2.11. The number of aryl methyl sites for hydroxylation is 1. The molecule has 0 fully saturated rings. The minimum absolute atomic E-state index is 0.170. The number of amides is 1. The smallest absolute Gasteiger partial charge is 0.255 e. The van der Waals surface area contributed by atoms with Gasteiger partial charge in [-0.15, -0.1) is 0 Å². The molecular formula is C15H16ClN3O. The zero-order valence-corrected chi connectivity index (χ0v) is 12.1. The summed E-state index contributed by atoms with van der Waals surface area (Å²) in [6.07, 6.45) is 0. The molecule has 0 saturated heterocycles. The standard InChI is InChI=1S/C15H16ClN3O/c1-9-8-11(19-17)6-7-12(9)15(20)18-14-5-3-4-13(16)10(14)2/h3-8,19H,17H2,1-2H3,(H,18,20). The van der Waals surface area contributed by atoms with Crippen molar-refractivity contribution in [3.63, 3.8) is 0 Å². The summed E-state index contributed by atoms with van der Waals surface area (Å²) in [5, 5.41) is 3.50. The number of hydrogen-bond donors (Lipinski definition) is 3. The van der Waals surface area contributed by atoms with Crippen molar-refractivity contribution < 1.29 is 4.79 Å². The van der Waals surface area contributed by atoms with Crippen molar-refractivity contribution in [2.45, 2.75) is 13.8 Å². The molecule has 0 aromatic heterocycles. The number of benzene rings is 2. The van der Waals surface area contributed by atoms with Crippen LogP contribution in [-0.2, 0) is 0 Å². The second kappa shape index (κ2) is 5.94. The third-order valence-electron chi connectivity index (χ3n) is 3.15. The highest BCUT2D eigenvalue weighted by Gasteiger charge is 2.11. The quantitative estimate of drug-likeness (QED) is 0.598. The minimum Gasteiger partial charge on any atom is -0.324 e. The van der Waals surface area contributed by atoms with Crippen molar-refractivity contribution in [1.29, 1.82) is 0 Å². The van der Waals surface area contributed by atoms with E-state index in [-0.39, 0.29) is 5.91 Å². The summed E-state index contributed by atoms with van der Waals surface area (Å²) < 4.78 is 0. The van der Waals surface area contributed by atoms with E-state index in [4.69, 9.17) is 17.4 Å². The van der Waals surface area contributed by atoms with E-state index < -0.39 is 0 Å². The molecule has 0 radical (unpaired) electrons. The number of halogens is 1. The summed E-state index contributed by atoms with van der Waals surface area (Å²) in [5.41, 5.74) is 6.32. The number of nitrogen functional groups attached to an aromatic ring is 1. The molecule has 0 saturated carbocycles. The van der Waals surface area contributed by atoms with E-state index in [0.717, 1.165) is 16.8 Å². The lowest BCUT2D eigenvalue weighted by molar-refractivity contribution is 0.102. The summed E-state index contributed by atoms with van der Waals surface area (Å²) in [6.45, 7) is 3.73. The number of hydrogen-bond acceptors (Lipinski definition) is 3. The molecule has 5 heteroatoms. The first kappa shape index (κ1) is 14.4. The van der Waals surface area contributed by atoms with Gasteiger partial charge in [0.1, 0.15) is 0 Å². The van der Waals surface area contributed by atoms with E-state index >= 15 is 0 Å². The van der Waals surface area contributed by atoms with Crippen LogP contribution in [0.5, 0.6) is 0 Å². The topological polar surface area (TPSA) is 67.1 Å². The van der Waals surface area contributed by atoms with Crippen LogP contribution in [0.3, 0.4) is 0 Å². The summed E-state index contributed by atoms with van der Waals surface area (Å²) in [5.74, 6) is 5.17. The second-order valence-corrected chi connectivity index (χ2v) is 4.95. The number of anilines is 2. The molecular weight excluding hydrogens is 274 g/mol. The van der Waals surface area contributed by atoms with Crippen molar-refractivity contribution in [2.24, 2.45) is 5.84 Å². The molecule has 104 valence electrons. The number of nitrogens with one attached hydrogen (secondary N) is 2. The van der Waals surface area contributed by atoms with Crippen LogP contribution in [0.1, 0.15) is 21.5 Å². The number of rotatable bonds is 3. The summed E-state index contributed by atoms with van der Waals surface area (Å²) in [7, 11) is 0. The molecule has 0 heterocycles. The van der Waals surface area contributed by atoms with Crippen molar-refractivity contribution in [1.82, 2.24) is 0 Å². The van der Waals surface area contributed by atoms with Gasteiger partial charge in [0, 0.05) is 22.0 Å². The van der Waals surface area contributed by atoms with Gasteiger partial charge in [-0.2, -0.15) is 0 Å². The van der Waals surface area contributed by atoms with Crippen molar-refractivity contribution >= 4 is 28.9 Å². The van der Waals surface area contributed by atoms with Crippen LogP contribution in [0.2, 0.25) is 5.02 Å². The van der Waals surface area contributed by atoms with Crippen LogP contribution in [0.4, 0.5) is 11.4 Å². The maximum Gasteiger partial charge on any atom is 0.255 e. The third-order valence-corrected chi connectivity index (χ3v) is 3.56. The lowest BCUT2D eigenvalue weighted by atomic mass is 10.1. The average Bonchev–Trinajstić information content (AvgIpc) is 2.43. The first-order valence-corrected chi connectivity index (χ1v) is 6.54. The van der Waals surface area contributed by atoms with Crippen molar-refractivity contribution in [2.75, 3.05) is 10.7 Å². The zero-order valence-electron chi connectivity index (χ0n) is 11.3. The Hall–Kier alpha value is -2.04. The Morgan fingerprint density at radius 2 is 1.95 bits per heavy atom. The van der Waals surface area contributed by atoms with Gasteiger partial charge in [0.2, 0.25) is 0 Å². The first-order chi connectivity index (χ1) is 9.52. The molecule has 4 N–H and O–H groups in total. The predicted molar refractivity (Wildman–Crippen MR) is 83.1 cm³/mol. The molecule has 0 bridgehead atoms. The highest BCUT2D eigenvalue weighted by atomic mass is 35.5. The first-order valence-electron chi connectivity index (χ1n) is 6.16. The van der Waals surface area contributed by atoms with Crippen molar-refractivity contribution in [3.05, 3.63) is 58.1 Å². The van der Waals surface area contributed by atoms with Crippen LogP contribution < -0.4 is 16.6 Å². The molecule has 2 aromatic carbocycles. The van der Waals surface area contributed by atoms with Gasteiger partial charge in [-0.3, -0.25) is 10.6 Å². The second-order valence-electron chi connectivity index (χ2n) is 4.54. The Balaban J connectivity index is 2.26. The number of carbonyl (C=O) groups is 1. The molecule has 0 unspecified atom stereocenters.